The lowest BCUT2D eigenvalue weighted by Gasteiger charge is -2.05. The van der Waals surface area contributed by atoms with E-state index in [1.807, 2.05) is 0 Å². The van der Waals surface area contributed by atoms with Crippen LogP contribution in [-0.2, 0) is 7.05 Å². The third-order valence-corrected chi connectivity index (χ3v) is 3.20. The molecule has 0 fully saturated rings. The molecule has 0 aliphatic carbocycles. The molecule has 102 valence electrons. The van der Waals surface area contributed by atoms with Crippen LogP contribution in [0, 0.1) is 5.82 Å². The predicted octanol–water partition coefficient (Wildman–Crippen LogP) is 3.12. The highest BCUT2D eigenvalue weighted by atomic mass is 35.5. The van der Waals surface area contributed by atoms with Crippen LogP contribution in [0.2, 0.25) is 5.02 Å². The van der Waals surface area contributed by atoms with Gasteiger partial charge in [0.25, 0.3) is 0 Å². The van der Waals surface area contributed by atoms with Crippen LogP contribution in [-0.4, -0.2) is 14.9 Å². The molecule has 0 atom stereocenters. The minimum Gasteiger partial charge on any atom is -0.367 e. The van der Waals surface area contributed by atoms with Gasteiger partial charge < -0.3 is 10.3 Å². The third kappa shape index (κ3) is 1.94. The van der Waals surface area contributed by atoms with E-state index in [0.717, 1.165) is 0 Å². The van der Waals surface area contributed by atoms with Gasteiger partial charge in [0.15, 0.2) is 0 Å². The highest BCUT2D eigenvalue weighted by Gasteiger charge is 2.23. The van der Waals surface area contributed by atoms with E-state index in [-0.39, 0.29) is 16.5 Å². The SMILES string of the molecule is Cn1ccc(-c2noc(N)c2-c2c(F)cccc2Cl)n1. The number of nitrogen functional groups attached to an aromatic ring is 1. The third-order valence-electron chi connectivity index (χ3n) is 2.89. The highest BCUT2D eigenvalue weighted by molar-refractivity contribution is 6.33. The molecule has 5 nitrogen and oxygen atoms in total. The topological polar surface area (TPSA) is 69.9 Å². The summed E-state index contributed by atoms with van der Waals surface area (Å²) in [7, 11) is 1.77. The zero-order valence-electron chi connectivity index (χ0n) is 10.5. The molecule has 2 N–H and O–H groups in total. The van der Waals surface area contributed by atoms with Crippen molar-refractivity contribution >= 4 is 17.5 Å². The molecule has 3 rings (SSSR count). The smallest absolute Gasteiger partial charge is 0.230 e. The minimum atomic E-state index is -0.496. The second kappa shape index (κ2) is 4.64. The van der Waals surface area contributed by atoms with Crippen LogP contribution >= 0.6 is 11.6 Å². The van der Waals surface area contributed by atoms with E-state index >= 15 is 0 Å². The lowest BCUT2D eigenvalue weighted by atomic mass is 10.0. The van der Waals surface area contributed by atoms with Gasteiger partial charge in [-0.25, -0.2) is 4.39 Å². The number of rotatable bonds is 2. The van der Waals surface area contributed by atoms with E-state index in [2.05, 4.69) is 10.3 Å². The van der Waals surface area contributed by atoms with Gasteiger partial charge in [-0.05, 0) is 18.2 Å². The Morgan fingerprint density at radius 1 is 1.30 bits per heavy atom. The molecular weight excluding hydrogens is 283 g/mol. The number of anilines is 1. The lowest BCUT2D eigenvalue weighted by Crippen LogP contribution is -1.93. The van der Waals surface area contributed by atoms with Crippen LogP contribution in [0.15, 0.2) is 35.0 Å². The highest BCUT2D eigenvalue weighted by Crippen LogP contribution is 2.40. The molecule has 0 saturated heterocycles. The first kappa shape index (κ1) is 12.7. The van der Waals surface area contributed by atoms with E-state index in [1.54, 1.807) is 30.1 Å². The van der Waals surface area contributed by atoms with Crippen LogP contribution in [0.4, 0.5) is 10.3 Å². The average Bonchev–Trinajstić information content (AvgIpc) is 2.97. The lowest BCUT2D eigenvalue weighted by molar-refractivity contribution is 0.439. The van der Waals surface area contributed by atoms with Gasteiger partial charge in [0.1, 0.15) is 17.2 Å². The molecule has 0 aliphatic heterocycles. The van der Waals surface area contributed by atoms with Crippen LogP contribution in [0.3, 0.4) is 0 Å². The predicted molar refractivity (Wildman–Crippen MR) is 73.5 cm³/mol. The molecule has 3 aromatic rings. The summed E-state index contributed by atoms with van der Waals surface area (Å²) in [6.07, 6.45) is 1.74. The fraction of sp³-hybridized carbons (Fsp3) is 0.0769. The Balaban J connectivity index is 2.27. The van der Waals surface area contributed by atoms with Crippen LogP contribution < -0.4 is 5.73 Å². The number of benzene rings is 1. The molecule has 7 heteroatoms. The van der Waals surface area contributed by atoms with Gasteiger partial charge in [-0.1, -0.05) is 22.8 Å². The molecule has 0 saturated carbocycles. The first-order chi connectivity index (χ1) is 9.58. The summed E-state index contributed by atoms with van der Waals surface area (Å²) >= 11 is 6.07. The van der Waals surface area contributed by atoms with Gasteiger partial charge in [0.2, 0.25) is 5.88 Å². The quantitative estimate of drug-likeness (QED) is 0.788. The van der Waals surface area contributed by atoms with Crippen molar-refractivity contribution in [2.24, 2.45) is 7.05 Å². The first-order valence-corrected chi connectivity index (χ1v) is 6.15. The van der Waals surface area contributed by atoms with E-state index in [1.165, 1.54) is 12.1 Å². The minimum absolute atomic E-state index is 0.00217. The Labute approximate surface area is 118 Å². The van der Waals surface area contributed by atoms with E-state index < -0.39 is 5.82 Å². The Bertz CT molecular complexity index is 760. The summed E-state index contributed by atoms with van der Waals surface area (Å²) in [4.78, 5) is 0. The van der Waals surface area contributed by atoms with Crippen molar-refractivity contribution in [1.82, 2.24) is 14.9 Å². The maximum Gasteiger partial charge on any atom is 0.230 e. The molecular formula is C13H10ClFN4O. The van der Waals surface area contributed by atoms with Crippen molar-refractivity contribution in [1.29, 1.82) is 0 Å². The summed E-state index contributed by atoms with van der Waals surface area (Å²) in [6.45, 7) is 0. The number of halogens is 2. The second-order valence-corrected chi connectivity index (χ2v) is 4.65. The first-order valence-electron chi connectivity index (χ1n) is 5.77. The van der Waals surface area contributed by atoms with E-state index in [0.29, 0.717) is 17.0 Å². The van der Waals surface area contributed by atoms with Gasteiger partial charge in [-0.2, -0.15) is 5.10 Å². The molecule has 0 unspecified atom stereocenters. The molecule has 0 amide bonds. The van der Waals surface area contributed by atoms with Crippen molar-refractivity contribution in [2.75, 3.05) is 5.73 Å². The zero-order valence-corrected chi connectivity index (χ0v) is 11.2. The van der Waals surface area contributed by atoms with E-state index in [4.69, 9.17) is 21.9 Å². The average molecular weight is 293 g/mol. The van der Waals surface area contributed by atoms with Crippen LogP contribution in [0.1, 0.15) is 0 Å². The monoisotopic (exact) mass is 292 g/mol. The van der Waals surface area contributed by atoms with Crippen molar-refractivity contribution in [3.8, 4) is 22.5 Å². The molecule has 0 radical (unpaired) electrons. The van der Waals surface area contributed by atoms with Gasteiger partial charge in [0, 0.05) is 18.8 Å². The Morgan fingerprint density at radius 2 is 2.10 bits per heavy atom. The number of aryl methyl sites for hydroxylation is 1. The maximum atomic E-state index is 14.1. The van der Waals surface area contributed by atoms with Crippen molar-refractivity contribution in [2.45, 2.75) is 0 Å². The van der Waals surface area contributed by atoms with Crippen molar-refractivity contribution < 1.29 is 8.91 Å². The normalized spacial score (nSPS) is 10.9. The Hall–Kier alpha value is -2.34. The fourth-order valence-corrected chi connectivity index (χ4v) is 2.25. The molecule has 1 aromatic carbocycles. The van der Waals surface area contributed by atoms with Gasteiger partial charge >= 0.3 is 0 Å². The van der Waals surface area contributed by atoms with Crippen LogP contribution in [0.25, 0.3) is 22.5 Å². The van der Waals surface area contributed by atoms with E-state index in [9.17, 15) is 4.39 Å². The van der Waals surface area contributed by atoms with Crippen LogP contribution in [0.5, 0.6) is 0 Å². The van der Waals surface area contributed by atoms with Gasteiger partial charge in [0.05, 0.1) is 10.6 Å². The number of nitrogens with two attached hydrogens (primary N) is 1. The second-order valence-electron chi connectivity index (χ2n) is 4.24. The summed E-state index contributed by atoms with van der Waals surface area (Å²) < 4.78 is 20.6. The molecule has 2 aromatic heterocycles. The van der Waals surface area contributed by atoms with Crippen molar-refractivity contribution in [3.05, 3.63) is 41.3 Å². The number of aromatic nitrogens is 3. The summed E-state index contributed by atoms with van der Waals surface area (Å²) in [5.41, 5.74) is 7.13. The Morgan fingerprint density at radius 3 is 2.75 bits per heavy atom. The molecule has 2 heterocycles. The molecule has 20 heavy (non-hydrogen) atoms. The molecule has 0 bridgehead atoms. The van der Waals surface area contributed by atoms with Gasteiger partial charge in [-0.3, -0.25) is 4.68 Å². The summed E-state index contributed by atoms with van der Waals surface area (Å²) in [5, 5.41) is 8.30. The number of hydrogen-bond acceptors (Lipinski definition) is 4. The summed E-state index contributed by atoms with van der Waals surface area (Å²) in [5.74, 6) is -0.498. The number of hydrogen-bond donors (Lipinski definition) is 1. The largest absolute Gasteiger partial charge is 0.367 e. The zero-order chi connectivity index (χ0) is 14.3. The molecule has 0 spiro atoms. The van der Waals surface area contributed by atoms with Gasteiger partial charge in [-0.15, -0.1) is 0 Å². The maximum absolute atomic E-state index is 14.1. The Kier molecular flexibility index (Phi) is 2.94. The van der Waals surface area contributed by atoms with Crippen molar-refractivity contribution in [3.63, 3.8) is 0 Å². The standard InChI is InChI=1S/C13H10ClFN4O/c1-19-6-5-9(17-19)12-11(13(16)20-18-12)10-7(14)3-2-4-8(10)15/h2-6H,16H2,1H3. The number of nitrogens with zero attached hydrogens (tertiary/aromatic N) is 3. The fourth-order valence-electron chi connectivity index (χ4n) is 2.00. The summed E-state index contributed by atoms with van der Waals surface area (Å²) in [6, 6.07) is 6.13. The molecule has 0 aliphatic rings.